The molecule has 0 fully saturated rings. The second-order valence-electron chi connectivity index (χ2n) is 9.69. The number of nitrogens with zero attached hydrogens (tertiary/aromatic N) is 1. The lowest BCUT2D eigenvalue weighted by molar-refractivity contribution is -0.723. The van der Waals surface area contributed by atoms with Crippen LogP contribution in [0.2, 0.25) is 0 Å². The molecule has 0 aliphatic heterocycles. The lowest BCUT2D eigenvalue weighted by atomic mass is 10.00. The van der Waals surface area contributed by atoms with Crippen molar-refractivity contribution in [3.8, 4) is 0 Å². The van der Waals surface area contributed by atoms with Crippen LogP contribution in [-0.4, -0.2) is 4.98 Å². The first-order valence-corrected chi connectivity index (χ1v) is 13.2. The molecule has 0 bridgehead atoms. The van der Waals surface area contributed by atoms with E-state index in [0.717, 1.165) is 0 Å². The first-order valence-electron chi connectivity index (χ1n) is 13.2. The predicted octanol–water partition coefficient (Wildman–Crippen LogP) is 9.03. The minimum absolute atomic E-state index is 0.550. The molecule has 2 heteroatoms. The van der Waals surface area contributed by atoms with Gasteiger partial charge in [-0.25, -0.2) is 9.55 Å². The van der Waals surface area contributed by atoms with E-state index in [9.17, 15) is 0 Å². The van der Waals surface area contributed by atoms with Crippen LogP contribution < -0.4 is 4.57 Å². The van der Waals surface area contributed by atoms with Crippen LogP contribution >= 0.6 is 0 Å². The summed E-state index contributed by atoms with van der Waals surface area (Å²) in [5.41, 5.74) is 0. The number of unbranched alkanes of at least 4 members (excludes halogenated alkanes) is 16. The molecule has 1 atom stereocenters. The van der Waals surface area contributed by atoms with E-state index in [2.05, 4.69) is 49.6 Å². The highest BCUT2D eigenvalue weighted by Gasteiger charge is 2.19. The topological polar surface area (TPSA) is 19.7 Å². The Balaban J connectivity index is 1.83. The fraction of sp³-hybridized carbons (Fsp3) is 0.889. The van der Waals surface area contributed by atoms with E-state index in [-0.39, 0.29) is 0 Å². The molecule has 0 aliphatic carbocycles. The van der Waals surface area contributed by atoms with Gasteiger partial charge in [0, 0.05) is 0 Å². The summed E-state index contributed by atoms with van der Waals surface area (Å²) in [4.78, 5) is 3.46. The lowest BCUT2D eigenvalue weighted by Crippen LogP contribution is -2.39. The Morgan fingerprint density at radius 3 is 1.48 bits per heavy atom. The van der Waals surface area contributed by atoms with E-state index >= 15 is 0 Å². The van der Waals surface area contributed by atoms with Gasteiger partial charge in [-0.05, 0) is 20.3 Å². The number of hydrogen-bond acceptors (Lipinski definition) is 0. The highest BCUT2D eigenvalue weighted by Crippen LogP contribution is 2.20. The second-order valence-corrected chi connectivity index (χ2v) is 9.69. The van der Waals surface area contributed by atoms with Crippen molar-refractivity contribution < 1.29 is 4.57 Å². The SMILES string of the molecule is CCCCCCCCCCCCCCCCCCC[C@H](C)c1[nH]cc[n+]1C(C)C. The van der Waals surface area contributed by atoms with Gasteiger partial charge in [0.05, 0.1) is 12.0 Å². The van der Waals surface area contributed by atoms with Crippen molar-refractivity contribution in [3.63, 3.8) is 0 Å². The number of nitrogens with one attached hydrogen (secondary N) is 1. The Morgan fingerprint density at radius 1 is 0.655 bits per heavy atom. The monoisotopic (exact) mass is 405 g/mol. The molecule has 0 spiro atoms. The second kappa shape index (κ2) is 18.0. The third-order valence-corrected chi connectivity index (χ3v) is 6.51. The Morgan fingerprint density at radius 2 is 1.07 bits per heavy atom. The van der Waals surface area contributed by atoms with Crippen LogP contribution in [0, 0.1) is 0 Å². The molecule has 0 aliphatic rings. The van der Waals surface area contributed by atoms with Gasteiger partial charge in [-0.1, -0.05) is 123 Å². The normalized spacial score (nSPS) is 12.7. The van der Waals surface area contributed by atoms with E-state index in [1.54, 1.807) is 0 Å². The van der Waals surface area contributed by atoms with Crippen molar-refractivity contribution in [2.75, 3.05) is 0 Å². The van der Waals surface area contributed by atoms with E-state index in [1.807, 2.05) is 0 Å². The average molecular weight is 406 g/mol. The maximum Gasteiger partial charge on any atom is 0.257 e. The van der Waals surface area contributed by atoms with Crippen LogP contribution in [0.25, 0.3) is 0 Å². The van der Waals surface area contributed by atoms with Crippen molar-refractivity contribution in [2.45, 2.75) is 155 Å². The number of H-pyrrole nitrogens is 1. The van der Waals surface area contributed by atoms with E-state index in [1.165, 1.54) is 121 Å². The number of rotatable bonds is 20. The molecule has 1 N–H and O–H groups in total. The van der Waals surface area contributed by atoms with Crippen molar-refractivity contribution in [1.29, 1.82) is 0 Å². The fourth-order valence-corrected chi connectivity index (χ4v) is 4.52. The van der Waals surface area contributed by atoms with E-state index < -0.39 is 0 Å². The Bertz CT molecular complexity index is 463. The zero-order valence-electron chi connectivity index (χ0n) is 20.5. The molecular formula is C27H53N2+. The van der Waals surface area contributed by atoms with Gasteiger partial charge < -0.3 is 0 Å². The predicted molar refractivity (Wildman–Crippen MR) is 129 cm³/mol. The highest BCUT2D eigenvalue weighted by molar-refractivity contribution is 4.87. The molecule has 0 amide bonds. The smallest absolute Gasteiger partial charge is 0.247 e. The standard InChI is InChI=1S/C27H52N2/c1-5-6-7-8-9-10-11-12-13-14-15-16-17-18-19-20-21-22-26(4)27-28-23-24-29(27)25(2)3/h23-26H,5-22H2,1-4H3/p+1/t26-/m0/s1. The Kier molecular flexibility index (Phi) is 16.3. The van der Waals surface area contributed by atoms with Gasteiger partial charge in [-0.2, -0.15) is 0 Å². The van der Waals surface area contributed by atoms with E-state index in [4.69, 9.17) is 0 Å². The summed E-state index contributed by atoms with van der Waals surface area (Å²) < 4.78 is 2.39. The third kappa shape index (κ3) is 13.2. The van der Waals surface area contributed by atoms with Crippen LogP contribution in [0.3, 0.4) is 0 Å². The van der Waals surface area contributed by atoms with Crippen molar-refractivity contribution >= 4 is 0 Å². The molecule has 1 rings (SSSR count). The largest absolute Gasteiger partial charge is 0.257 e. The van der Waals surface area contributed by atoms with E-state index in [0.29, 0.717) is 12.0 Å². The summed E-state index contributed by atoms with van der Waals surface area (Å²) in [6, 6.07) is 0.550. The average Bonchev–Trinajstić information content (AvgIpc) is 3.20. The van der Waals surface area contributed by atoms with Crippen LogP contribution in [0.1, 0.15) is 161 Å². The molecule has 1 aromatic heterocycles. The molecule has 170 valence electrons. The van der Waals surface area contributed by atoms with Crippen LogP contribution in [0.4, 0.5) is 0 Å². The minimum Gasteiger partial charge on any atom is -0.247 e. The number of aromatic amines is 1. The van der Waals surface area contributed by atoms with Crippen LogP contribution in [0.15, 0.2) is 12.4 Å². The molecule has 1 aromatic rings. The van der Waals surface area contributed by atoms with Gasteiger partial charge in [0.25, 0.3) is 5.82 Å². The number of hydrogen-bond donors (Lipinski definition) is 1. The van der Waals surface area contributed by atoms with Crippen molar-refractivity contribution in [1.82, 2.24) is 4.98 Å². The Hall–Kier alpha value is -0.790. The molecule has 0 saturated carbocycles. The lowest BCUT2D eigenvalue weighted by Gasteiger charge is -2.10. The van der Waals surface area contributed by atoms with Crippen molar-refractivity contribution in [3.05, 3.63) is 18.2 Å². The molecule has 0 aromatic carbocycles. The Labute approximate surface area is 183 Å². The van der Waals surface area contributed by atoms with Gasteiger partial charge in [0.2, 0.25) is 0 Å². The van der Waals surface area contributed by atoms with Crippen LogP contribution in [0.5, 0.6) is 0 Å². The minimum atomic E-state index is 0.550. The fourth-order valence-electron chi connectivity index (χ4n) is 4.52. The number of imidazole rings is 1. The van der Waals surface area contributed by atoms with Gasteiger partial charge >= 0.3 is 0 Å². The summed E-state index contributed by atoms with van der Waals surface area (Å²) in [6.45, 7) is 9.20. The highest BCUT2D eigenvalue weighted by atomic mass is 15.1. The van der Waals surface area contributed by atoms with Gasteiger partial charge in [-0.15, -0.1) is 0 Å². The zero-order chi connectivity index (χ0) is 21.2. The molecule has 1 heterocycles. The first kappa shape index (κ1) is 26.2. The first-order chi connectivity index (χ1) is 14.2. The molecular weight excluding hydrogens is 352 g/mol. The quantitative estimate of drug-likeness (QED) is 0.165. The van der Waals surface area contributed by atoms with Crippen LogP contribution in [-0.2, 0) is 0 Å². The third-order valence-electron chi connectivity index (χ3n) is 6.51. The summed E-state index contributed by atoms with van der Waals surface area (Å²) in [5.74, 6) is 2.04. The molecule has 0 saturated heterocycles. The maximum absolute atomic E-state index is 3.46. The summed E-state index contributed by atoms with van der Waals surface area (Å²) in [5, 5.41) is 0. The molecule has 0 unspecified atom stereocenters. The molecule has 2 nitrogen and oxygen atoms in total. The zero-order valence-corrected chi connectivity index (χ0v) is 20.5. The summed E-state index contributed by atoms with van der Waals surface area (Å²) >= 11 is 0. The van der Waals surface area contributed by atoms with Gasteiger partial charge in [0.1, 0.15) is 12.4 Å². The number of aromatic nitrogens is 2. The molecule has 0 radical (unpaired) electrons. The summed E-state index contributed by atoms with van der Waals surface area (Å²) in [7, 11) is 0. The van der Waals surface area contributed by atoms with Crippen molar-refractivity contribution in [2.24, 2.45) is 0 Å². The van der Waals surface area contributed by atoms with Gasteiger partial charge in [0.15, 0.2) is 0 Å². The summed E-state index contributed by atoms with van der Waals surface area (Å²) in [6.07, 6.45) is 30.2. The molecule has 29 heavy (non-hydrogen) atoms. The van der Waals surface area contributed by atoms with Gasteiger partial charge in [-0.3, -0.25) is 0 Å². The maximum atomic E-state index is 3.46.